The molecule has 21 heavy (non-hydrogen) atoms. The van der Waals surface area contributed by atoms with Gasteiger partial charge in [0.2, 0.25) is 0 Å². The molecule has 1 unspecified atom stereocenters. The van der Waals surface area contributed by atoms with E-state index in [1.165, 1.54) is 12.7 Å². The van der Waals surface area contributed by atoms with Crippen molar-refractivity contribution in [3.05, 3.63) is 65.7 Å². The number of carbonyl (C=O) groups is 1. The number of hydrogen-bond acceptors (Lipinski definition) is 3. The van der Waals surface area contributed by atoms with E-state index < -0.39 is 0 Å². The highest BCUT2D eigenvalue weighted by Gasteiger charge is 2.12. The van der Waals surface area contributed by atoms with Gasteiger partial charge in [-0.25, -0.2) is 4.79 Å². The predicted octanol–water partition coefficient (Wildman–Crippen LogP) is 4.03. The molecule has 0 aliphatic rings. The molecule has 1 atom stereocenters. The molecule has 0 spiro atoms. The van der Waals surface area contributed by atoms with Gasteiger partial charge >= 0.3 is 5.97 Å². The average molecular weight is 349 g/mol. The third-order valence-corrected chi connectivity index (χ3v) is 3.95. The molecule has 0 aliphatic carbocycles. The number of rotatable bonds is 6. The topological polar surface area (TPSA) is 35.5 Å². The Balaban J connectivity index is 2.03. The molecular formula is C17H17BrO3. The van der Waals surface area contributed by atoms with Gasteiger partial charge in [0.25, 0.3) is 0 Å². The Hall–Kier alpha value is -1.81. The first-order valence-corrected chi connectivity index (χ1v) is 7.79. The quantitative estimate of drug-likeness (QED) is 0.584. The Morgan fingerprint density at radius 1 is 1.14 bits per heavy atom. The van der Waals surface area contributed by atoms with Gasteiger partial charge in [0.15, 0.2) is 0 Å². The highest BCUT2D eigenvalue weighted by Crippen LogP contribution is 2.21. The van der Waals surface area contributed by atoms with E-state index in [1.807, 2.05) is 24.3 Å². The fourth-order valence-electron chi connectivity index (χ4n) is 1.98. The van der Waals surface area contributed by atoms with Crippen LogP contribution in [0.2, 0.25) is 0 Å². The van der Waals surface area contributed by atoms with Crippen molar-refractivity contribution >= 4 is 21.9 Å². The van der Waals surface area contributed by atoms with Crippen molar-refractivity contribution in [1.29, 1.82) is 0 Å². The lowest BCUT2D eigenvalue weighted by molar-refractivity contribution is 0.0600. The van der Waals surface area contributed by atoms with Crippen LogP contribution in [0.25, 0.3) is 0 Å². The SMILES string of the molecule is COC(=O)c1cccc(OCC(CBr)c2ccccc2)c1. The zero-order valence-electron chi connectivity index (χ0n) is 11.8. The largest absolute Gasteiger partial charge is 0.493 e. The van der Waals surface area contributed by atoms with Crippen molar-refractivity contribution in [1.82, 2.24) is 0 Å². The van der Waals surface area contributed by atoms with Crippen LogP contribution >= 0.6 is 15.9 Å². The first-order chi connectivity index (χ1) is 10.2. The molecule has 3 nitrogen and oxygen atoms in total. The van der Waals surface area contributed by atoms with Crippen molar-refractivity contribution < 1.29 is 14.3 Å². The molecule has 0 fully saturated rings. The van der Waals surface area contributed by atoms with Gasteiger partial charge in [-0.3, -0.25) is 0 Å². The Kier molecular flexibility index (Phi) is 5.81. The standard InChI is InChI=1S/C17H17BrO3/c1-20-17(19)14-8-5-9-16(10-14)21-12-15(11-18)13-6-3-2-4-7-13/h2-10,15H,11-12H2,1H3. The molecular weight excluding hydrogens is 332 g/mol. The second kappa shape index (κ2) is 7.84. The van der Waals surface area contributed by atoms with Crippen LogP contribution in [0.3, 0.4) is 0 Å². The number of ether oxygens (including phenoxy) is 2. The summed E-state index contributed by atoms with van der Waals surface area (Å²) in [5, 5.41) is 0.813. The highest BCUT2D eigenvalue weighted by molar-refractivity contribution is 9.09. The number of alkyl halides is 1. The number of methoxy groups -OCH3 is 1. The molecule has 0 aliphatic heterocycles. The summed E-state index contributed by atoms with van der Waals surface area (Å²) in [7, 11) is 1.37. The third kappa shape index (κ3) is 4.33. The number of benzene rings is 2. The van der Waals surface area contributed by atoms with Crippen molar-refractivity contribution in [2.24, 2.45) is 0 Å². The molecule has 2 aromatic rings. The van der Waals surface area contributed by atoms with Crippen LogP contribution in [0, 0.1) is 0 Å². The van der Waals surface area contributed by atoms with E-state index in [-0.39, 0.29) is 11.9 Å². The third-order valence-electron chi connectivity index (χ3n) is 3.16. The molecule has 0 N–H and O–H groups in total. The lowest BCUT2D eigenvalue weighted by atomic mass is 10.0. The maximum atomic E-state index is 11.5. The number of esters is 1. The highest BCUT2D eigenvalue weighted by atomic mass is 79.9. The molecule has 4 heteroatoms. The summed E-state index contributed by atoms with van der Waals surface area (Å²) in [6.07, 6.45) is 0. The van der Waals surface area contributed by atoms with Gasteiger partial charge < -0.3 is 9.47 Å². The molecule has 110 valence electrons. The molecule has 2 rings (SSSR count). The first-order valence-electron chi connectivity index (χ1n) is 6.66. The monoisotopic (exact) mass is 348 g/mol. The predicted molar refractivity (Wildman–Crippen MR) is 86.3 cm³/mol. The van der Waals surface area contributed by atoms with Crippen LogP contribution in [0.5, 0.6) is 5.75 Å². The Morgan fingerprint density at radius 2 is 1.90 bits per heavy atom. The van der Waals surface area contributed by atoms with Gasteiger partial charge in [-0.1, -0.05) is 52.3 Å². The molecule has 0 amide bonds. The molecule has 0 saturated carbocycles. The summed E-state index contributed by atoms with van der Waals surface area (Å²) in [4.78, 5) is 11.5. The lowest BCUT2D eigenvalue weighted by Gasteiger charge is -2.16. The van der Waals surface area contributed by atoms with E-state index in [1.54, 1.807) is 18.2 Å². The molecule has 0 heterocycles. The average Bonchev–Trinajstić information content (AvgIpc) is 2.56. The Bertz CT molecular complexity index is 584. The van der Waals surface area contributed by atoms with Crippen LogP contribution in [-0.4, -0.2) is 25.0 Å². The summed E-state index contributed by atoms with van der Waals surface area (Å²) in [5.41, 5.74) is 1.71. The van der Waals surface area contributed by atoms with E-state index in [2.05, 4.69) is 28.1 Å². The van der Waals surface area contributed by atoms with Crippen molar-refractivity contribution in [2.45, 2.75) is 5.92 Å². The number of halogens is 1. The van der Waals surface area contributed by atoms with Gasteiger partial charge in [-0.05, 0) is 23.8 Å². The Labute approximate surface area is 133 Å². The maximum absolute atomic E-state index is 11.5. The van der Waals surface area contributed by atoms with E-state index in [4.69, 9.17) is 9.47 Å². The van der Waals surface area contributed by atoms with Gasteiger partial charge in [0.05, 0.1) is 19.3 Å². The summed E-state index contributed by atoms with van der Waals surface area (Å²) < 4.78 is 10.5. The second-order valence-electron chi connectivity index (χ2n) is 4.59. The van der Waals surface area contributed by atoms with E-state index in [0.717, 1.165) is 5.33 Å². The van der Waals surface area contributed by atoms with Crippen LogP contribution in [0.1, 0.15) is 21.8 Å². The normalized spacial score (nSPS) is 11.7. The summed E-state index contributed by atoms with van der Waals surface area (Å²) in [6, 6.07) is 17.2. The lowest BCUT2D eigenvalue weighted by Crippen LogP contribution is -2.12. The minimum Gasteiger partial charge on any atom is -0.493 e. The van der Waals surface area contributed by atoms with Crippen molar-refractivity contribution in [3.8, 4) is 5.75 Å². The fourth-order valence-corrected chi connectivity index (χ4v) is 2.54. The van der Waals surface area contributed by atoms with E-state index >= 15 is 0 Å². The minimum atomic E-state index is -0.361. The van der Waals surface area contributed by atoms with Gasteiger partial charge in [0.1, 0.15) is 5.75 Å². The second-order valence-corrected chi connectivity index (χ2v) is 5.24. The maximum Gasteiger partial charge on any atom is 0.337 e. The van der Waals surface area contributed by atoms with E-state index in [0.29, 0.717) is 17.9 Å². The fraction of sp³-hybridized carbons (Fsp3) is 0.235. The number of carbonyl (C=O) groups excluding carboxylic acids is 1. The molecule has 0 aromatic heterocycles. The summed E-state index contributed by atoms with van der Waals surface area (Å²) >= 11 is 3.52. The van der Waals surface area contributed by atoms with Gasteiger partial charge in [-0.15, -0.1) is 0 Å². The van der Waals surface area contributed by atoms with Crippen LogP contribution < -0.4 is 4.74 Å². The van der Waals surface area contributed by atoms with Gasteiger partial charge in [0, 0.05) is 11.2 Å². The van der Waals surface area contributed by atoms with Crippen LogP contribution in [-0.2, 0) is 4.74 Å². The molecule has 0 radical (unpaired) electrons. The van der Waals surface area contributed by atoms with Crippen molar-refractivity contribution in [2.75, 3.05) is 19.0 Å². The van der Waals surface area contributed by atoms with Crippen LogP contribution in [0.4, 0.5) is 0 Å². The number of hydrogen-bond donors (Lipinski definition) is 0. The molecule has 0 bridgehead atoms. The summed E-state index contributed by atoms with van der Waals surface area (Å²) in [5.74, 6) is 0.563. The Morgan fingerprint density at radius 3 is 2.57 bits per heavy atom. The molecule has 2 aromatic carbocycles. The van der Waals surface area contributed by atoms with Crippen molar-refractivity contribution in [3.63, 3.8) is 0 Å². The van der Waals surface area contributed by atoms with E-state index in [9.17, 15) is 4.79 Å². The van der Waals surface area contributed by atoms with Crippen LogP contribution in [0.15, 0.2) is 54.6 Å². The minimum absolute atomic E-state index is 0.257. The van der Waals surface area contributed by atoms with Gasteiger partial charge in [-0.2, -0.15) is 0 Å². The summed E-state index contributed by atoms with van der Waals surface area (Å²) in [6.45, 7) is 0.542. The zero-order chi connectivity index (χ0) is 15.1. The smallest absolute Gasteiger partial charge is 0.337 e. The molecule has 0 saturated heterocycles. The zero-order valence-corrected chi connectivity index (χ0v) is 13.4. The first kappa shape index (κ1) is 15.6.